The fourth-order valence-corrected chi connectivity index (χ4v) is 3.65. The Bertz CT molecular complexity index is 415. The molecule has 17 heavy (non-hydrogen) atoms. The lowest BCUT2D eigenvalue weighted by atomic mass is 10.0. The van der Waals surface area contributed by atoms with Crippen LogP contribution in [0.4, 0.5) is 13.2 Å². The van der Waals surface area contributed by atoms with Crippen LogP contribution in [0.15, 0.2) is 23.1 Å². The highest BCUT2D eigenvalue weighted by Crippen LogP contribution is 2.44. The average molecular weight is 261 g/mol. The van der Waals surface area contributed by atoms with Crippen molar-refractivity contribution in [3.8, 4) is 0 Å². The third-order valence-electron chi connectivity index (χ3n) is 2.80. The van der Waals surface area contributed by atoms with Gasteiger partial charge in [-0.1, -0.05) is 6.07 Å². The molecule has 1 aliphatic heterocycles. The summed E-state index contributed by atoms with van der Waals surface area (Å²) in [5.74, 6) is 0. The largest absolute Gasteiger partial charge is 0.416 e. The van der Waals surface area contributed by atoms with Crippen LogP contribution in [-0.4, -0.2) is 11.3 Å². The van der Waals surface area contributed by atoms with Gasteiger partial charge in [0, 0.05) is 16.2 Å². The van der Waals surface area contributed by atoms with E-state index < -0.39 is 11.7 Å². The Morgan fingerprint density at radius 2 is 2.18 bits per heavy atom. The minimum absolute atomic E-state index is 0.0242. The van der Waals surface area contributed by atoms with Crippen molar-refractivity contribution in [3.05, 3.63) is 29.3 Å². The van der Waals surface area contributed by atoms with Crippen LogP contribution < -0.4 is 5.73 Å². The van der Waals surface area contributed by atoms with E-state index in [1.165, 1.54) is 17.8 Å². The third kappa shape index (κ3) is 2.77. The van der Waals surface area contributed by atoms with Crippen molar-refractivity contribution in [2.75, 3.05) is 0 Å². The molecule has 1 aliphatic rings. The van der Waals surface area contributed by atoms with Gasteiger partial charge in [0.2, 0.25) is 0 Å². The smallest absolute Gasteiger partial charge is 0.328 e. The number of thioether (sulfide) groups is 1. The van der Waals surface area contributed by atoms with E-state index in [2.05, 4.69) is 0 Å². The van der Waals surface area contributed by atoms with Gasteiger partial charge in [0.05, 0.1) is 5.56 Å². The monoisotopic (exact) mass is 261 g/mol. The van der Waals surface area contributed by atoms with Crippen molar-refractivity contribution in [2.24, 2.45) is 5.73 Å². The van der Waals surface area contributed by atoms with Crippen molar-refractivity contribution < 1.29 is 13.2 Å². The molecule has 1 aromatic rings. The first kappa shape index (κ1) is 12.8. The fourth-order valence-electron chi connectivity index (χ4n) is 2.15. The quantitative estimate of drug-likeness (QED) is 0.882. The zero-order valence-corrected chi connectivity index (χ0v) is 10.2. The van der Waals surface area contributed by atoms with Crippen molar-refractivity contribution in [2.45, 2.75) is 42.1 Å². The molecule has 2 unspecified atom stereocenters. The number of halogens is 3. The summed E-state index contributed by atoms with van der Waals surface area (Å²) in [7, 11) is 0. The Kier molecular flexibility index (Phi) is 3.41. The van der Waals surface area contributed by atoms with Gasteiger partial charge in [-0.3, -0.25) is 0 Å². The maximum Gasteiger partial charge on any atom is 0.416 e. The van der Waals surface area contributed by atoms with Crippen LogP contribution in [0.25, 0.3) is 0 Å². The molecule has 0 spiro atoms. The second kappa shape index (κ2) is 4.53. The van der Waals surface area contributed by atoms with Crippen LogP contribution >= 0.6 is 11.8 Å². The first-order valence-corrected chi connectivity index (χ1v) is 6.37. The number of hydrogen-bond donors (Lipinski definition) is 1. The summed E-state index contributed by atoms with van der Waals surface area (Å²) >= 11 is 1.51. The topological polar surface area (TPSA) is 26.0 Å². The number of rotatable bonds is 2. The Labute approximate surface area is 103 Å². The lowest BCUT2D eigenvalue weighted by molar-refractivity contribution is -0.138. The predicted molar refractivity (Wildman–Crippen MR) is 63.1 cm³/mol. The number of hydrogen-bond acceptors (Lipinski definition) is 2. The second-order valence-corrected chi connectivity index (χ2v) is 5.78. The van der Waals surface area contributed by atoms with E-state index in [0.717, 1.165) is 17.4 Å². The molecule has 5 heteroatoms. The third-order valence-corrected chi connectivity index (χ3v) is 4.13. The van der Waals surface area contributed by atoms with Gasteiger partial charge in [-0.15, -0.1) is 11.8 Å². The maximum absolute atomic E-state index is 12.8. The Balaban J connectivity index is 2.26. The molecular formula is C12H14F3NS. The first-order chi connectivity index (χ1) is 7.88. The molecule has 0 radical (unpaired) electrons. The highest BCUT2D eigenvalue weighted by atomic mass is 32.2. The molecular weight excluding hydrogens is 247 g/mol. The van der Waals surface area contributed by atoms with Crippen LogP contribution in [0.1, 0.15) is 24.5 Å². The molecule has 0 amide bonds. The lowest BCUT2D eigenvalue weighted by Crippen LogP contribution is -2.21. The second-order valence-electron chi connectivity index (χ2n) is 4.44. The van der Waals surface area contributed by atoms with Gasteiger partial charge in [-0.2, -0.15) is 13.2 Å². The zero-order chi connectivity index (χ0) is 12.6. The van der Waals surface area contributed by atoms with E-state index in [0.29, 0.717) is 12.0 Å². The zero-order valence-electron chi connectivity index (χ0n) is 9.42. The Morgan fingerprint density at radius 3 is 2.76 bits per heavy atom. The fraction of sp³-hybridized carbons (Fsp3) is 0.500. The number of benzene rings is 1. The Morgan fingerprint density at radius 1 is 1.47 bits per heavy atom. The summed E-state index contributed by atoms with van der Waals surface area (Å²) in [4.78, 5) is 0.755. The van der Waals surface area contributed by atoms with Crippen molar-refractivity contribution in [1.82, 2.24) is 0 Å². The van der Waals surface area contributed by atoms with E-state index in [9.17, 15) is 13.2 Å². The molecule has 0 bridgehead atoms. The van der Waals surface area contributed by atoms with E-state index >= 15 is 0 Å². The highest BCUT2D eigenvalue weighted by Gasteiger charge is 2.37. The number of nitrogens with two attached hydrogens (primary N) is 1. The van der Waals surface area contributed by atoms with Crippen molar-refractivity contribution in [1.29, 1.82) is 0 Å². The maximum atomic E-state index is 12.8. The first-order valence-electron chi connectivity index (χ1n) is 5.49. The van der Waals surface area contributed by atoms with Crippen LogP contribution in [0.5, 0.6) is 0 Å². The molecule has 0 saturated carbocycles. The summed E-state index contributed by atoms with van der Waals surface area (Å²) in [5, 5.41) is 0.175. The van der Waals surface area contributed by atoms with E-state index in [1.54, 1.807) is 6.07 Å². The van der Waals surface area contributed by atoms with Crippen molar-refractivity contribution in [3.63, 3.8) is 0 Å². The molecule has 94 valence electrons. The van der Waals surface area contributed by atoms with Crippen molar-refractivity contribution >= 4 is 11.8 Å². The standard InChI is InChI=1S/C12H14F3NS/c1-7(16)5-8-6-9-10(12(13,14)15)3-2-4-11(9)17-8/h2-4,7-8H,5-6,16H2,1H3. The summed E-state index contributed by atoms with van der Waals surface area (Å²) in [5.41, 5.74) is 5.64. The SMILES string of the molecule is CC(N)CC1Cc2c(cccc2C(F)(F)F)S1. The molecule has 1 heterocycles. The summed E-state index contributed by atoms with van der Waals surface area (Å²) in [6, 6.07) is 4.42. The van der Waals surface area contributed by atoms with Gasteiger partial charge in [-0.05, 0) is 37.5 Å². The normalized spacial score (nSPS) is 21.4. The molecule has 0 aliphatic carbocycles. The van der Waals surface area contributed by atoms with E-state index in [-0.39, 0.29) is 11.3 Å². The highest BCUT2D eigenvalue weighted by molar-refractivity contribution is 8.00. The minimum Gasteiger partial charge on any atom is -0.328 e. The van der Waals surface area contributed by atoms with Gasteiger partial charge in [0.25, 0.3) is 0 Å². The number of fused-ring (bicyclic) bond motifs is 1. The molecule has 0 saturated heterocycles. The van der Waals surface area contributed by atoms with E-state index in [4.69, 9.17) is 5.73 Å². The van der Waals surface area contributed by atoms with Gasteiger partial charge < -0.3 is 5.73 Å². The molecule has 2 rings (SSSR count). The van der Waals surface area contributed by atoms with Crippen LogP contribution in [-0.2, 0) is 12.6 Å². The van der Waals surface area contributed by atoms with Crippen LogP contribution in [0.2, 0.25) is 0 Å². The van der Waals surface area contributed by atoms with E-state index in [1.807, 2.05) is 6.92 Å². The minimum atomic E-state index is -4.25. The molecule has 2 atom stereocenters. The summed E-state index contributed by atoms with van der Waals surface area (Å²) in [6.07, 6.45) is -3.04. The number of alkyl halides is 3. The summed E-state index contributed by atoms with van der Waals surface area (Å²) in [6.45, 7) is 1.88. The summed E-state index contributed by atoms with van der Waals surface area (Å²) < 4.78 is 38.4. The molecule has 2 N–H and O–H groups in total. The van der Waals surface area contributed by atoms with Gasteiger partial charge in [-0.25, -0.2) is 0 Å². The lowest BCUT2D eigenvalue weighted by Gasteiger charge is -2.12. The molecule has 1 nitrogen and oxygen atoms in total. The van der Waals surface area contributed by atoms with Gasteiger partial charge in [0.1, 0.15) is 0 Å². The van der Waals surface area contributed by atoms with Gasteiger partial charge >= 0.3 is 6.18 Å². The molecule has 1 aromatic carbocycles. The van der Waals surface area contributed by atoms with Crippen LogP contribution in [0.3, 0.4) is 0 Å². The predicted octanol–water partition coefficient (Wildman–Crippen LogP) is 3.46. The average Bonchev–Trinajstić information content (AvgIpc) is 2.55. The molecule has 0 fully saturated rings. The van der Waals surface area contributed by atoms with Crippen LogP contribution in [0, 0.1) is 0 Å². The van der Waals surface area contributed by atoms with Gasteiger partial charge in [0.15, 0.2) is 0 Å². The Hall–Kier alpha value is -0.680. The molecule has 0 aromatic heterocycles.